The third-order valence-corrected chi connectivity index (χ3v) is 5.11. The second-order valence-corrected chi connectivity index (χ2v) is 8.11. The van der Waals surface area contributed by atoms with Gasteiger partial charge in [0.1, 0.15) is 6.07 Å². The maximum Gasteiger partial charge on any atom is 0.232 e. The Kier molecular flexibility index (Phi) is 6.42. The van der Waals surface area contributed by atoms with E-state index in [1.807, 2.05) is 37.2 Å². The minimum atomic E-state index is -3.55. The van der Waals surface area contributed by atoms with E-state index in [2.05, 4.69) is 5.32 Å². The summed E-state index contributed by atoms with van der Waals surface area (Å²) in [6.07, 6.45) is 1.07. The van der Waals surface area contributed by atoms with Crippen LogP contribution in [0, 0.1) is 11.3 Å². The lowest BCUT2D eigenvalue weighted by atomic mass is 10.2. The highest BCUT2D eigenvalue weighted by Gasteiger charge is 2.19. The summed E-state index contributed by atoms with van der Waals surface area (Å²) >= 11 is 0. The smallest absolute Gasteiger partial charge is 0.232 e. The molecule has 0 unspecified atom stereocenters. The second kappa shape index (κ2) is 8.56. The van der Waals surface area contributed by atoms with Gasteiger partial charge >= 0.3 is 0 Å². The molecule has 0 saturated carbocycles. The molecule has 2 rings (SSSR count). The van der Waals surface area contributed by atoms with E-state index >= 15 is 0 Å². The maximum absolute atomic E-state index is 12.2. The monoisotopic (exact) mass is 386 g/mol. The number of anilines is 3. The van der Waals surface area contributed by atoms with Gasteiger partial charge in [-0.2, -0.15) is 5.26 Å². The van der Waals surface area contributed by atoms with Gasteiger partial charge in [-0.05, 0) is 36.4 Å². The van der Waals surface area contributed by atoms with Crippen LogP contribution in [-0.2, 0) is 14.8 Å². The molecular weight excluding hydrogens is 364 g/mol. The molecule has 0 aliphatic rings. The first-order chi connectivity index (χ1) is 12.7. The van der Waals surface area contributed by atoms with Crippen LogP contribution >= 0.6 is 0 Å². The Morgan fingerprint density at radius 1 is 1.07 bits per heavy atom. The number of nitriles is 1. The van der Waals surface area contributed by atoms with Crippen molar-refractivity contribution in [3.63, 3.8) is 0 Å². The predicted octanol–water partition coefficient (Wildman–Crippen LogP) is 2.42. The van der Waals surface area contributed by atoms with E-state index in [0.29, 0.717) is 16.9 Å². The number of nitrogens with one attached hydrogen (secondary N) is 1. The molecule has 7 nitrogen and oxygen atoms in total. The average Bonchev–Trinajstić information content (AvgIpc) is 2.61. The Hall–Kier alpha value is -3.05. The summed E-state index contributed by atoms with van der Waals surface area (Å²) in [5.41, 5.74) is 2.20. The molecular formula is C19H22N4O3S. The molecule has 0 aliphatic carbocycles. The fraction of sp³-hybridized carbons (Fsp3) is 0.263. The Labute approximate surface area is 159 Å². The Bertz CT molecular complexity index is 948. The van der Waals surface area contributed by atoms with Gasteiger partial charge in [0.15, 0.2) is 0 Å². The fourth-order valence-corrected chi connectivity index (χ4v) is 3.44. The molecule has 0 spiro atoms. The Morgan fingerprint density at radius 3 is 2.22 bits per heavy atom. The first-order valence-corrected chi connectivity index (χ1v) is 10.1. The van der Waals surface area contributed by atoms with Crippen LogP contribution < -0.4 is 14.5 Å². The second-order valence-electron chi connectivity index (χ2n) is 6.20. The van der Waals surface area contributed by atoms with Crippen LogP contribution in [0.3, 0.4) is 0 Å². The van der Waals surface area contributed by atoms with E-state index in [-0.39, 0.29) is 18.9 Å². The summed E-state index contributed by atoms with van der Waals surface area (Å²) in [5.74, 6) is -0.365. The zero-order valence-electron chi connectivity index (χ0n) is 15.5. The molecule has 0 fully saturated rings. The van der Waals surface area contributed by atoms with E-state index in [1.165, 1.54) is 4.31 Å². The zero-order chi connectivity index (χ0) is 20.0. The topological polar surface area (TPSA) is 93.5 Å². The van der Waals surface area contributed by atoms with Gasteiger partial charge in [-0.1, -0.05) is 12.1 Å². The van der Waals surface area contributed by atoms with Crippen molar-refractivity contribution in [2.45, 2.75) is 6.42 Å². The summed E-state index contributed by atoms with van der Waals surface area (Å²) in [4.78, 5) is 14.1. The molecule has 142 valence electrons. The van der Waals surface area contributed by atoms with Crippen molar-refractivity contribution >= 4 is 33.0 Å². The summed E-state index contributed by atoms with van der Waals surface area (Å²) < 4.78 is 25.5. The highest BCUT2D eigenvalue weighted by atomic mass is 32.2. The summed E-state index contributed by atoms with van der Waals surface area (Å²) in [5, 5.41) is 11.7. The van der Waals surface area contributed by atoms with Crippen LogP contribution in [0.1, 0.15) is 12.0 Å². The number of para-hydroxylation sites is 1. The molecule has 0 heterocycles. The van der Waals surface area contributed by atoms with Gasteiger partial charge in [0.05, 0.1) is 23.2 Å². The van der Waals surface area contributed by atoms with E-state index in [4.69, 9.17) is 5.26 Å². The number of hydrogen-bond acceptors (Lipinski definition) is 5. The standard InChI is InChI=1S/C19H22N4O3S/c1-22(2)16-8-10-17(11-9-16)23(27(3,25)26)13-12-19(24)21-18-7-5-4-6-15(18)14-20/h4-11H,12-13H2,1-3H3,(H,21,24). The molecule has 0 saturated heterocycles. The largest absolute Gasteiger partial charge is 0.378 e. The number of benzene rings is 2. The maximum atomic E-state index is 12.2. The third kappa shape index (κ3) is 5.46. The molecule has 2 aromatic rings. The van der Waals surface area contributed by atoms with Crippen LogP contribution in [-0.4, -0.2) is 41.2 Å². The minimum absolute atomic E-state index is 0.000693. The summed E-state index contributed by atoms with van der Waals surface area (Å²) in [7, 11) is 0.246. The van der Waals surface area contributed by atoms with Crippen LogP contribution in [0.2, 0.25) is 0 Å². The van der Waals surface area contributed by atoms with Gasteiger partial charge in [0.2, 0.25) is 15.9 Å². The van der Waals surface area contributed by atoms with Crippen molar-refractivity contribution in [3.05, 3.63) is 54.1 Å². The Morgan fingerprint density at radius 2 is 1.67 bits per heavy atom. The Balaban J connectivity index is 2.11. The van der Waals surface area contributed by atoms with Crippen molar-refractivity contribution < 1.29 is 13.2 Å². The third-order valence-electron chi connectivity index (χ3n) is 3.92. The van der Waals surface area contributed by atoms with E-state index in [0.717, 1.165) is 11.9 Å². The van der Waals surface area contributed by atoms with Crippen LogP contribution in [0.5, 0.6) is 0 Å². The lowest BCUT2D eigenvalue weighted by Crippen LogP contribution is -2.33. The number of nitrogens with zero attached hydrogens (tertiary/aromatic N) is 3. The van der Waals surface area contributed by atoms with Gasteiger partial charge < -0.3 is 10.2 Å². The van der Waals surface area contributed by atoms with Crippen LogP contribution in [0.25, 0.3) is 0 Å². The summed E-state index contributed by atoms with van der Waals surface area (Å²) in [6.45, 7) is 0.000693. The van der Waals surface area contributed by atoms with Gasteiger partial charge in [-0.25, -0.2) is 8.42 Å². The molecule has 2 aromatic carbocycles. The number of rotatable bonds is 7. The number of sulfonamides is 1. The first-order valence-electron chi connectivity index (χ1n) is 8.26. The predicted molar refractivity (Wildman–Crippen MR) is 107 cm³/mol. The van der Waals surface area contributed by atoms with Gasteiger partial charge in [0, 0.05) is 32.7 Å². The fourth-order valence-electron chi connectivity index (χ4n) is 2.51. The number of amides is 1. The molecule has 8 heteroatoms. The van der Waals surface area contributed by atoms with Gasteiger partial charge in [-0.15, -0.1) is 0 Å². The van der Waals surface area contributed by atoms with Gasteiger partial charge in [0.25, 0.3) is 0 Å². The first kappa shape index (κ1) is 20.3. The molecule has 1 N–H and O–H groups in total. The van der Waals surface area contributed by atoms with Gasteiger partial charge in [-0.3, -0.25) is 9.10 Å². The number of carbonyl (C=O) groups excluding carboxylic acids is 1. The van der Waals surface area contributed by atoms with E-state index in [1.54, 1.807) is 36.4 Å². The van der Waals surface area contributed by atoms with Crippen LogP contribution in [0.15, 0.2) is 48.5 Å². The number of hydrogen-bond donors (Lipinski definition) is 1. The molecule has 0 aromatic heterocycles. The van der Waals surface area contributed by atoms with Crippen molar-refractivity contribution in [3.8, 4) is 6.07 Å². The highest BCUT2D eigenvalue weighted by Crippen LogP contribution is 2.22. The van der Waals surface area contributed by atoms with E-state index < -0.39 is 10.0 Å². The lowest BCUT2D eigenvalue weighted by molar-refractivity contribution is -0.116. The van der Waals surface area contributed by atoms with Crippen molar-refractivity contribution in [1.29, 1.82) is 5.26 Å². The SMILES string of the molecule is CN(C)c1ccc(N(CCC(=O)Nc2ccccc2C#N)S(C)(=O)=O)cc1. The van der Waals surface area contributed by atoms with E-state index in [9.17, 15) is 13.2 Å². The molecule has 0 bridgehead atoms. The molecule has 0 radical (unpaired) electrons. The van der Waals surface area contributed by atoms with Crippen LogP contribution in [0.4, 0.5) is 17.1 Å². The average molecular weight is 386 g/mol. The number of carbonyl (C=O) groups is 1. The van der Waals surface area contributed by atoms with Crippen molar-refractivity contribution in [1.82, 2.24) is 0 Å². The van der Waals surface area contributed by atoms with Crippen molar-refractivity contribution in [2.24, 2.45) is 0 Å². The highest BCUT2D eigenvalue weighted by molar-refractivity contribution is 7.92. The zero-order valence-corrected chi connectivity index (χ0v) is 16.3. The molecule has 0 atom stereocenters. The quantitative estimate of drug-likeness (QED) is 0.789. The van der Waals surface area contributed by atoms with Crippen molar-refractivity contribution in [2.75, 3.05) is 41.4 Å². The molecule has 1 amide bonds. The lowest BCUT2D eigenvalue weighted by Gasteiger charge is -2.23. The minimum Gasteiger partial charge on any atom is -0.378 e. The summed E-state index contributed by atoms with van der Waals surface area (Å²) in [6, 6.07) is 15.7. The molecule has 27 heavy (non-hydrogen) atoms. The normalized spacial score (nSPS) is 10.7. The molecule has 0 aliphatic heterocycles.